The monoisotopic (exact) mass is 241 g/mol. The molecule has 1 heterocycles. The summed E-state index contributed by atoms with van der Waals surface area (Å²) in [7, 11) is 0. The molecule has 0 aliphatic rings. The van der Waals surface area contributed by atoms with E-state index in [0.29, 0.717) is 6.54 Å². The Hall–Kier alpha value is -2.36. The molecule has 0 aliphatic carbocycles. The van der Waals surface area contributed by atoms with Gasteiger partial charge in [0.2, 0.25) is 0 Å². The normalized spacial score (nSPS) is 9.83. The average molecular weight is 241 g/mol. The van der Waals surface area contributed by atoms with Crippen LogP contribution >= 0.6 is 0 Å². The van der Waals surface area contributed by atoms with E-state index in [4.69, 9.17) is 0 Å². The van der Waals surface area contributed by atoms with E-state index in [2.05, 4.69) is 15.6 Å². The molecule has 0 unspecified atom stereocenters. The quantitative estimate of drug-likeness (QED) is 0.868. The number of amides is 2. The minimum Gasteiger partial charge on any atom is -0.334 e. The van der Waals surface area contributed by atoms with Crippen LogP contribution in [0.3, 0.4) is 0 Å². The number of aromatic nitrogens is 1. The Morgan fingerprint density at radius 3 is 2.44 bits per heavy atom. The second-order valence-electron chi connectivity index (χ2n) is 4.03. The van der Waals surface area contributed by atoms with Crippen LogP contribution in [-0.4, -0.2) is 11.0 Å². The summed E-state index contributed by atoms with van der Waals surface area (Å²) in [5.41, 5.74) is 2.97. The molecule has 0 saturated heterocycles. The van der Waals surface area contributed by atoms with Gasteiger partial charge in [0.1, 0.15) is 0 Å². The molecule has 4 nitrogen and oxygen atoms in total. The Bertz CT molecular complexity index is 508. The van der Waals surface area contributed by atoms with Crippen molar-refractivity contribution in [2.24, 2.45) is 0 Å². The summed E-state index contributed by atoms with van der Waals surface area (Å²) in [4.78, 5) is 15.6. The number of benzene rings is 1. The molecule has 1 aromatic carbocycles. The smallest absolute Gasteiger partial charge is 0.319 e. The first kappa shape index (κ1) is 12.1. The van der Waals surface area contributed by atoms with E-state index < -0.39 is 0 Å². The summed E-state index contributed by atoms with van der Waals surface area (Å²) in [6.07, 6.45) is 3.41. The van der Waals surface area contributed by atoms with Crippen LogP contribution < -0.4 is 10.6 Å². The van der Waals surface area contributed by atoms with Gasteiger partial charge in [0, 0.05) is 24.6 Å². The lowest BCUT2D eigenvalue weighted by molar-refractivity contribution is 0.251. The number of carbonyl (C=O) groups is 1. The van der Waals surface area contributed by atoms with Crippen molar-refractivity contribution in [1.82, 2.24) is 10.3 Å². The lowest BCUT2D eigenvalue weighted by atomic mass is 10.2. The van der Waals surface area contributed by atoms with Gasteiger partial charge in [-0.2, -0.15) is 0 Å². The van der Waals surface area contributed by atoms with Crippen molar-refractivity contribution in [2.45, 2.75) is 13.5 Å². The summed E-state index contributed by atoms with van der Waals surface area (Å²) < 4.78 is 0. The third-order valence-electron chi connectivity index (χ3n) is 2.51. The molecule has 92 valence electrons. The third-order valence-corrected chi connectivity index (χ3v) is 2.51. The molecule has 2 amide bonds. The molecular weight excluding hydrogens is 226 g/mol. The van der Waals surface area contributed by atoms with Gasteiger partial charge in [-0.3, -0.25) is 4.98 Å². The zero-order valence-electron chi connectivity index (χ0n) is 10.2. The number of rotatable bonds is 3. The van der Waals surface area contributed by atoms with E-state index >= 15 is 0 Å². The predicted octanol–water partition coefficient (Wildman–Crippen LogP) is 2.71. The van der Waals surface area contributed by atoms with Crippen molar-refractivity contribution in [1.29, 1.82) is 0 Å². The maximum absolute atomic E-state index is 11.6. The van der Waals surface area contributed by atoms with Crippen molar-refractivity contribution in [2.75, 3.05) is 5.32 Å². The summed E-state index contributed by atoms with van der Waals surface area (Å²) in [6.45, 7) is 2.49. The largest absolute Gasteiger partial charge is 0.334 e. The van der Waals surface area contributed by atoms with Crippen molar-refractivity contribution in [3.63, 3.8) is 0 Å². The van der Waals surface area contributed by atoms with Gasteiger partial charge in [0.25, 0.3) is 0 Å². The highest BCUT2D eigenvalue weighted by Crippen LogP contribution is 2.08. The average Bonchev–Trinajstić information content (AvgIpc) is 2.40. The fraction of sp³-hybridized carbons (Fsp3) is 0.143. The minimum atomic E-state index is -0.212. The molecule has 0 radical (unpaired) electrons. The molecule has 1 aromatic heterocycles. The molecule has 0 saturated carbocycles. The first-order valence-corrected chi connectivity index (χ1v) is 5.74. The maximum Gasteiger partial charge on any atom is 0.319 e. The van der Waals surface area contributed by atoms with E-state index in [1.54, 1.807) is 12.4 Å². The van der Waals surface area contributed by atoms with Crippen LogP contribution in [0.4, 0.5) is 10.5 Å². The zero-order chi connectivity index (χ0) is 12.8. The topological polar surface area (TPSA) is 54.0 Å². The number of urea groups is 1. The van der Waals surface area contributed by atoms with Crippen molar-refractivity contribution in [3.05, 3.63) is 59.9 Å². The van der Waals surface area contributed by atoms with E-state index in [0.717, 1.165) is 16.8 Å². The molecule has 0 atom stereocenters. The summed E-state index contributed by atoms with van der Waals surface area (Å²) in [5.74, 6) is 0. The highest BCUT2D eigenvalue weighted by molar-refractivity contribution is 5.89. The summed E-state index contributed by atoms with van der Waals surface area (Å²) in [5, 5.41) is 5.56. The van der Waals surface area contributed by atoms with Gasteiger partial charge < -0.3 is 10.6 Å². The van der Waals surface area contributed by atoms with E-state index in [9.17, 15) is 4.79 Å². The first-order valence-electron chi connectivity index (χ1n) is 5.74. The molecule has 2 aromatic rings. The number of pyridine rings is 1. The van der Waals surface area contributed by atoms with Gasteiger partial charge in [0.15, 0.2) is 0 Å². The zero-order valence-corrected chi connectivity index (χ0v) is 10.2. The van der Waals surface area contributed by atoms with Crippen LogP contribution in [-0.2, 0) is 6.54 Å². The summed E-state index contributed by atoms with van der Waals surface area (Å²) >= 11 is 0. The van der Waals surface area contributed by atoms with Crippen molar-refractivity contribution in [3.8, 4) is 0 Å². The Morgan fingerprint density at radius 1 is 1.11 bits per heavy atom. The molecule has 4 heteroatoms. The third kappa shape index (κ3) is 3.59. The lowest BCUT2D eigenvalue weighted by Gasteiger charge is -2.07. The van der Waals surface area contributed by atoms with Crippen LogP contribution in [0, 0.1) is 6.92 Å². The molecule has 0 fully saturated rings. The van der Waals surface area contributed by atoms with Crippen LogP contribution in [0.15, 0.2) is 48.8 Å². The fourth-order valence-electron chi connectivity index (χ4n) is 1.50. The number of anilines is 1. The van der Waals surface area contributed by atoms with Crippen LogP contribution in [0.25, 0.3) is 0 Å². The molecular formula is C14H15N3O. The van der Waals surface area contributed by atoms with E-state index in [-0.39, 0.29) is 6.03 Å². The highest BCUT2D eigenvalue weighted by Gasteiger charge is 2.00. The van der Waals surface area contributed by atoms with Gasteiger partial charge >= 0.3 is 6.03 Å². The van der Waals surface area contributed by atoms with Crippen LogP contribution in [0.2, 0.25) is 0 Å². The minimum absolute atomic E-state index is 0.212. The number of nitrogens with one attached hydrogen (secondary N) is 2. The Morgan fingerprint density at radius 2 is 1.78 bits per heavy atom. The molecule has 0 spiro atoms. The molecule has 2 rings (SSSR count). The number of carbonyl (C=O) groups excluding carboxylic acids is 1. The standard InChI is InChI=1S/C14H15N3O/c1-11-2-4-13(5-3-11)17-14(18)16-10-12-6-8-15-9-7-12/h2-9H,10H2,1H3,(H2,16,17,18). The van der Waals surface area contributed by atoms with Gasteiger partial charge in [0.05, 0.1) is 0 Å². The first-order chi connectivity index (χ1) is 8.74. The Labute approximate surface area is 106 Å². The van der Waals surface area contributed by atoms with E-state index in [1.807, 2.05) is 43.3 Å². The molecule has 0 bridgehead atoms. The SMILES string of the molecule is Cc1ccc(NC(=O)NCc2ccncc2)cc1. The number of nitrogens with zero attached hydrogens (tertiary/aromatic N) is 1. The van der Waals surface area contributed by atoms with Crippen LogP contribution in [0.5, 0.6) is 0 Å². The van der Waals surface area contributed by atoms with Crippen LogP contribution in [0.1, 0.15) is 11.1 Å². The fourth-order valence-corrected chi connectivity index (χ4v) is 1.50. The van der Waals surface area contributed by atoms with Gasteiger partial charge in [-0.05, 0) is 36.8 Å². The second kappa shape index (κ2) is 5.82. The van der Waals surface area contributed by atoms with Gasteiger partial charge in [-0.1, -0.05) is 17.7 Å². The number of hydrogen-bond acceptors (Lipinski definition) is 2. The molecule has 0 aliphatic heterocycles. The highest BCUT2D eigenvalue weighted by atomic mass is 16.2. The van der Waals surface area contributed by atoms with Crippen molar-refractivity contribution >= 4 is 11.7 Å². The Balaban J connectivity index is 1.84. The van der Waals surface area contributed by atoms with Gasteiger partial charge in [-0.15, -0.1) is 0 Å². The Kier molecular flexibility index (Phi) is 3.91. The summed E-state index contributed by atoms with van der Waals surface area (Å²) in [6, 6.07) is 11.2. The number of aryl methyl sites for hydroxylation is 1. The second-order valence-corrected chi connectivity index (χ2v) is 4.03. The lowest BCUT2D eigenvalue weighted by Crippen LogP contribution is -2.28. The molecule has 18 heavy (non-hydrogen) atoms. The predicted molar refractivity (Wildman–Crippen MR) is 71.3 cm³/mol. The molecule has 2 N–H and O–H groups in total. The van der Waals surface area contributed by atoms with Gasteiger partial charge in [-0.25, -0.2) is 4.79 Å². The maximum atomic E-state index is 11.6. The van der Waals surface area contributed by atoms with Crippen molar-refractivity contribution < 1.29 is 4.79 Å². The van der Waals surface area contributed by atoms with E-state index in [1.165, 1.54) is 0 Å². The number of hydrogen-bond donors (Lipinski definition) is 2.